The number of aromatic nitrogens is 2. The van der Waals surface area contributed by atoms with E-state index < -0.39 is 17.5 Å². The predicted molar refractivity (Wildman–Crippen MR) is 71.9 cm³/mol. The zero-order valence-corrected chi connectivity index (χ0v) is 11.7. The van der Waals surface area contributed by atoms with E-state index >= 15 is 0 Å². The normalized spacial score (nSPS) is 10.5. The summed E-state index contributed by atoms with van der Waals surface area (Å²) in [6.07, 6.45) is 1.26. The van der Waals surface area contributed by atoms with Gasteiger partial charge in [-0.1, -0.05) is 0 Å². The fourth-order valence-electron chi connectivity index (χ4n) is 1.64. The predicted octanol–water partition coefficient (Wildman–Crippen LogP) is 0.808. The lowest BCUT2D eigenvalue weighted by Gasteiger charge is -2.04. The van der Waals surface area contributed by atoms with E-state index in [1.165, 1.54) is 30.2 Å². The van der Waals surface area contributed by atoms with Gasteiger partial charge in [0.2, 0.25) is 0 Å². The van der Waals surface area contributed by atoms with Crippen molar-refractivity contribution in [3.8, 4) is 0 Å². The third kappa shape index (κ3) is 2.55. The number of esters is 2. The molecule has 0 atom stereocenters. The molecule has 2 rings (SSSR count). The fraction of sp³-hybridized carbons (Fsp3) is 0.333. The number of hydrogen-bond acceptors (Lipinski definition) is 7. The van der Waals surface area contributed by atoms with Crippen LogP contribution in [0.2, 0.25) is 0 Å². The SMILES string of the molecule is CCOC(=O)c1csc2ncn(CC(=O)OC)c(=O)c12. The lowest BCUT2D eigenvalue weighted by atomic mass is 10.2. The van der Waals surface area contributed by atoms with Crippen molar-refractivity contribution in [1.82, 2.24) is 9.55 Å². The van der Waals surface area contributed by atoms with Gasteiger partial charge in [-0.2, -0.15) is 0 Å². The molecule has 106 valence electrons. The summed E-state index contributed by atoms with van der Waals surface area (Å²) < 4.78 is 10.5. The Bertz CT molecular complexity index is 718. The van der Waals surface area contributed by atoms with Crippen molar-refractivity contribution in [2.45, 2.75) is 13.5 Å². The molecule has 2 heterocycles. The van der Waals surface area contributed by atoms with Crippen LogP contribution in [-0.4, -0.2) is 35.2 Å². The summed E-state index contributed by atoms with van der Waals surface area (Å²) in [6, 6.07) is 0. The van der Waals surface area contributed by atoms with Crippen LogP contribution >= 0.6 is 11.3 Å². The molecule has 0 radical (unpaired) electrons. The van der Waals surface area contributed by atoms with Gasteiger partial charge in [-0.15, -0.1) is 11.3 Å². The summed E-state index contributed by atoms with van der Waals surface area (Å²) in [6.45, 7) is 1.64. The van der Waals surface area contributed by atoms with Crippen LogP contribution in [0.4, 0.5) is 0 Å². The van der Waals surface area contributed by atoms with Gasteiger partial charge in [0, 0.05) is 5.38 Å². The van der Waals surface area contributed by atoms with Crippen molar-refractivity contribution >= 4 is 33.5 Å². The molecule has 0 N–H and O–H groups in total. The quantitative estimate of drug-likeness (QED) is 0.776. The zero-order chi connectivity index (χ0) is 14.7. The van der Waals surface area contributed by atoms with Crippen molar-refractivity contribution in [2.24, 2.45) is 0 Å². The molecule has 2 aromatic rings. The number of thiophene rings is 1. The Hall–Kier alpha value is -2.22. The minimum absolute atomic E-state index is 0.167. The van der Waals surface area contributed by atoms with Gasteiger partial charge >= 0.3 is 11.9 Å². The van der Waals surface area contributed by atoms with Crippen molar-refractivity contribution < 1.29 is 19.1 Å². The lowest BCUT2D eigenvalue weighted by Crippen LogP contribution is -2.25. The largest absolute Gasteiger partial charge is 0.468 e. The Balaban J connectivity index is 2.53. The van der Waals surface area contributed by atoms with Crippen LogP contribution in [0.15, 0.2) is 16.5 Å². The van der Waals surface area contributed by atoms with Crippen LogP contribution < -0.4 is 5.56 Å². The monoisotopic (exact) mass is 296 g/mol. The molecule has 0 saturated carbocycles. The van der Waals surface area contributed by atoms with E-state index in [1.54, 1.807) is 6.92 Å². The molecule has 0 aliphatic carbocycles. The van der Waals surface area contributed by atoms with Crippen LogP contribution in [0.1, 0.15) is 17.3 Å². The van der Waals surface area contributed by atoms with Gasteiger partial charge in [0.15, 0.2) is 0 Å². The number of carbonyl (C=O) groups is 2. The van der Waals surface area contributed by atoms with E-state index in [1.807, 2.05) is 0 Å². The highest BCUT2D eigenvalue weighted by Crippen LogP contribution is 2.21. The molecule has 0 fully saturated rings. The van der Waals surface area contributed by atoms with Gasteiger partial charge in [0.1, 0.15) is 11.4 Å². The maximum absolute atomic E-state index is 12.3. The molecule has 0 aromatic carbocycles. The smallest absolute Gasteiger partial charge is 0.339 e. The van der Waals surface area contributed by atoms with Crippen molar-refractivity contribution in [1.29, 1.82) is 0 Å². The molecule has 0 saturated heterocycles. The number of carbonyl (C=O) groups excluding carboxylic acids is 2. The van der Waals surface area contributed by atoms with E-state index in [9.17, 15) is 14.4 Å². The Morgan fingerprint density at radius 1 is 1.45 bits per heavy atom. The van der Waals surface area contributed by atoms with E-state index in [0.717, 1.165) is 4.57 Å². The summed E-state index contributed by atoms with van der Waals surface area (Å²) in [5.41, 5.74) is -0.298. The number of ether oxygens (including phenoxy) is 2. The second-order valence-electron chi connectivity index (χ2n) is 3.80. The molecule has 0 amide bonds. The van der Waals surface area contributed by atoms with E-state index in [4.69, 9.17) is 4.74 Å². The van der Waals surface area contributed by atoms with Crippen LogP contribution in [0.25, 0.3) is 10.2 Å². The summed E-state index contributed by atoms with van der Waals surface area (Å²) in [4.78, 5) is 39.8. The highest BCUT2D eigenvalue weighted by molar-refractivity contribution is 7.17. The van der Waals surface area contributed by atoms with Gasteiger partial charge in [-0.3, -0.25) is 14.2 Å². The molecular formula is C12H12N2O5S. The van der Waals surface area contributed by atoms with Gasteiger partial charge in [-0.25, -0.2) is 9.78 Å². The van der Waals surface area contributed by atoms with E-state index in [0.29, 0.717) is 4.83 Å². The zero-order valence-electron chi connectivity index (χ0n) is 10.9. The minimum atomic E-state index is -0.575. The van der Waals surface area contributed by atoms with Gasteiger partial charge in [-0.05, 0) is 6.92 Å². The number of hydrogen-bond donors (Lipinski definition) is 0. The van der Waals surface area contributed by atoms with Crippen LogP contribution in [0.3, 0.4) is 0 Å². The van der Waals surface area contributed by atoms with Crippen LogP contribution in [0, 0.1) is 0 Å². The van der Waals surface area contributed by atoms with Crippen LogP contribution in [0.5, 0.6) is 0 Å². The molecular weight excluding hydrogens is 284 g/mol. The maximum Gasteiger partial charge on any atom is 0.339 e. The minimum Gasteiger partial charge on any atom is -0.468 e. The highest BCUT2D eigenvalue weighted by Gasteiger charge is 2.19. The van der Waals surface area contributed by atoms with E-state index in [-0.39, 0.29) is 24.1 Å². The average Bonchev–Trinajstić information content (AvgIpc) is 2.86. The Morgan fingerprint density at radius 2 is 2.20 bits per heavy atom. The van der Waals surface area contributed by atoms with E-state index in [2.05, 4.69) is 9.72 Å². The molecule has 0 aliphatic heterocycles. The molecule has 20 heavy (non-hydrogen) atoms. The maximum atomic E-state index is 12.3. The molecule has 0 bridgehead atoms. The van der Waals surface area contributed by atoms with Crippen molar-refractivity contribution in [3.63, 3.8) is 0 Å². The first-order chi connectivity index (χ1) is 9.58. The third-order valence-electron chi connectivity index (χ3n) is 2.58. The summed E-state index contributed by atoms with van der Waals surface area (Å²) >= 11 is 1.17. The summed E-state index contributed by atoms with van der Waals surface area (Å²) in [5, 5.41) is 1.69. The molecule has 2 aromatic heterocycles. The van der Waals surface area contributed by atoms with Crippen molar-refractivity contribution in [3.05, 3.63) is 27.6 Å². The summed E-state index contributed by atoms with van der Waals surface area (Å²) in [7, 11) is 1.23. The van der Waals surface area contributed by atoms with Gasteiger partial charge in [0.25, 0.3) is 5.56 Å². The first kappa shape index (κ1) is 14.2. The molecule has 0 unspecified atom stereocenters. The first-order valence-electron chi connectivity index (χ1n) is 5.79. The third-order valence-corrected chi connectivity index (χ3v) is 3.47. The lowest BCUT2D eigenvalue weighted by molar-refractivity contribution is -0.141. The standard InChI is InChI=1S/C12H12N2O5S/c1-3-19-12(17)7-5-20-10-9(7)11(16)14(6-13-10)4-8(15)18-2/h5-6H,3-4H2,1-2H3. The second kappa shape index (κ2) is 5.83. The molecule has 7 nitrogen and oxygen atoms in total. The topological polar surface area (TPSA) is 87.5 Å². The molecule has 8 heteroatoms. The number of fused-ring (bicyclic) bond motifs is 1. The Labute approximate surface area is 117 Å². The number of rotatable bonds is 4. The second-order valence-corrected chi connectivity index (χ2v) is 4.66. The fourth-order valence-corrected chi connectivity index (χ4v) is 2.51. The molecule has 0 spiro atoms. The first-order valence-corrected chi connectivity index (χ1v) is 6.67. The van der Waals surface area contributed by atoms with Crippen molar-refractivity contribution in [2.75, 3.05) is 13.7 Å². The molecule has 0 aliphatic rings. The Morgan fingerprint density at radius 3 is 2.85 bits per heavy atom. The highest BCUT2D eigenvalue weighted by atomic mass is 32.1. The average molecular weight is 296 g/mol. The number of methoxy groups -OCH3 is 1. The summed E-state index contributed by atoms with van der Waals surface area (Å²) in [5.74, 6) is -1.14. The van der Waals surface area contributed by atoms with Crippen LogP contribution in [-0.2, 0) is 20.8 Å². The number of nitrogens with zero attached hydrogens (tertiary/aromatic N) is 2. The van der Waals surface area contributed by atoms with Gasteiger partial charge < -0.3 is 9.47 Å². The van der Waals surface area contributed by atoms with Gasteiger partial charge in [0.05, 0.1) is 31.0 Å². The Kier molecular flexibility index (Phi) is 4.14.